The quantitative estimate of drug-likeness (QED) is 0.158. The molecule has 3 heterocycles. The van der Waals surface area contributed by atoms with Crippen LogP contribution in [0.2, 0.25) is 0 Å². The molecular formula is C66H51N5O. The Morgan fingerprint density at radius 2 is 1.26 bits per heavy atom. The molecular weight excluding hydrogens is 879 g/mol. The summed E-state index contributed by atoms with van der Waals surface area (Å²) in [6, 6.07) is 52.0. The number of aromatic nitrogens is 5. The average molecular weight is 930 g/mol. The van der Waals surface area contributed by atoms with Crippen LogP contribution in [0.1, 0.15) is 92.0 Å². The van der Waals surface area contributed by atoms with Crippen LogP contribution in [-0.2, 0) is 10.8 Å². The van der Waals surface area contributed by atoms with E-state index in [0.717, 1.165) is 86.3 Å². The maximum absolute atomic E-state index is 6.91. The van der Waals surface area contributed by atoms with Crippen molar-refractivity contribution in [1.29, 1.82) is 0 Å². The zero-order valence-corrected chi connectivity index (χ0v) is 40.8. The lowest BCUT2D eigenvalue weighted by Crippen LogP contribution is -2.40. The summed E-state index contributed by atoms with van der Waals surface area (Å²) >= 11 is 0. The first-order valence-corrected chi connectivity index (χ1v) is 25.4. The Labute approximate surface area is 420 Å². The fourth-order valence-electron chi connectivity index (χ4n) is 12.6. The molecule has 14 rings (SSSR count). The van der Waals surface area contributed by atoms with E-state index in [4.69, 9.17) is 29.3 Å². The van der Waals surface area contributed by atoms with E-state index in [1.54, 1.807) is 0 Å². The predicted octanol–water partition coefficient (Wildman–Crippen LogP) is 16.1. The van der Waals surface area contributed by atoms with Gasteiger partial charge in [-0.15, -0.1) is 0 Å². The molecule has 6 heteroatoms. The van der Waals surface area contributed by atoms with E-state index in [2.05, 4.69) is 179 Å². The summed E-state index contributed by atoms with van der Waals surface area (Å²) < 4.78 is 6.91. The van der Waals surface area contributed by atoms with E-state index < -0.39 is 5.41 Å². The first-order chi connectivity index (χ1) is 35.3. The van der Waals surface area contributed by atoms with Crippen molar-refractivity contribution < 1.29 is 4.42 Å². The van der Waals surface area contributed by atoms with Crippen molar-refractivity contribution >= 4 is 22.7 Å². The van der Waals surface area contributed by atoms with Crippen molar-refractivity contribution in [3.63, 3.8) is 0 Å². The van der Waals surface area contributed by atoms with Gasteiger partial charge in [0.05, 0.1) is 5.41 Å². The zero-order chi connectivity index (χ0) is 48.3. The molecule has 6 nitrogen and oxygen atoms in total. The van der Waals surface area contributed by atoms with Gasteiger partial charge in [-0.25, -0.2) is 24.9 Å². The molecule has 0 amide bonds. The van der Waals surface area contributed by atoms with Gasteiger partial charge >= 0.3 is 0 Å². The van der Waals surface area contributed by atoms with Crippen LogP contribution in [0.3, 0.4) is 0 Å². The zero-order valence-electron chi connectivity index (χ0n) is 40.8. The van der Waals surface area contributed by atoms with Gasteiger partial charge < -0.3 is 4.42 Å². The van der Waals surface area contributed by atoms with Gasteiger partial charge in [0.25, 0.3) is 0 Å². The van der Waals surface area contributed by atoms with Crippen molar-refractivity contribution in [2.24, 2.45) is 5.92 Å². The largest absolute Gasteiger partial charge is 0.456 e. The van der Waals surface area contributed by atoms with E-state index in [0.29, 0.717) is 35.1 Å². The van der Waals surface area contributed by atoms with Crippen molar-refractivity contribution in [2.75, 3.05) is 0 Å². The van der Waals surface area contributed by atoms with E-state index in [-0.39, 0.29) is 5.41 Å². The van der Waals surface area contributed by atoms with Crippen LogP contribution in [0, 0.1) is 5.92 Å². The van der Waals surface area contributed by atoms with Crippen LogP contribution >= 0.6 is 0 Å². The fraction of sp³-hybridized carbons (Fsp3) is 0.167. The van der Waals surface area contributed by atoms with Crippen molar-refractivity contribution in [1.82, 2.24) is 24.9 Å². The Hall–Kier alpha value is -8.35. The van der Waals surface area contributed by atoms with Crippen molar-refractivity contribution in [3.8, 4) is 67.9 Å². The van der Waals surface area contributed by atoms with E-state index in [9.17, 15) is 0 Å². The topological polar surface area (TPSA) is 77.6 Å². The molecule has 0 aliphatic heterocycles. The second-order valence-corrected chi connectivity index (χ2v) is 20.5. The predicted molar refractivity (Wildman–Crippen MR) is 291 cm³/mol. The number of rotatable bonds is 7. The van der Waals surface area contributed by atoms with E-state index in [1.165, 1.54) is 44.5 Å². The van der Waals surface area contributed by atoms with Gasteiger partial charge in [-0.2, -0.15) is 0 Å². The first-order valence-electron chi connectivity index (χ1n) is 25.4. The lowest BCUT2D eigenvalue weighted by atomic mass is 9.55. The number of furan rings is 1. The fourth-order valence-corrected chi connectivity index (χ4v) is 12.6. The molecule has 3 unspecified atom stereocenters. The van der Waals surface area contributed by atoms with Crippen molar-refractivity contribution in [2.45, 2.75) is 63.7 Å². The molecule has 0 radical (unpaired) electrons. The van der Waals surface area contributed by atoms with Crippen LogP contribution < -0.4 is 0 Å². The monoisotopic (exact) mass is 929 g/mol. The van der Waals surface area contributed by atoms with Crippen molar-refractivity contribution in [3.05, 3.63) is 232 Å². The van der Waals surface area contributed by atoms with Crippen LogP contribution in [0.5, 0.6) is 0 Å². The van der Waals surface area contributed by atoms with E-state index in [1.807, 2.05) is 36.4 Å². The highest BCUT2D eigenvalue weighted by molar-refractivity contribution is 5.99. The highest BCUT2D eigenvalue weighted by Crippen LogP contribution is 2.64. The molecule has 0 N–H and O–H groups in total. The second kappa shape index (κ2) is 16.1. The maximum Gasteiger partial charge on any atom is 0.179 e. The molecule has 5 aliphatic carbocycles. The highest BCUT2D eigenvalue weighted by Gasteiger charge is 2.53. The number of hydrogen-bond donors (Lipinski definition) is 0. The summed E-state index contributed by atoms with van der Waals surface area (Å²) in [4.78, 5) is 26.9. The number of fused-ring (bicyclic) bond motifs is 12. The standard InChI is InChI=1S/C66H51N5O/c1-5-19-51-39(2)66(54-30-16-15-29-53(54)65(51,3)4)52-35-33-46(38-50(52)56-47(28-18-31-55(56)66)64-70-61(41-22-11-7-12-23-41)69-62(71-64)42-24-13-8-14-25-42)63-67-57(45-27-17-26-43(36-45)40-20-9-6-10-21-40)60-58(68-63)48-34-32-44-37-49(44)59(48)72-60/h5,7-9,11-36,38,44,49H,6,10,37H2,1-4H3/b19-5-. The van der Waals surface area contributed by atoms with Crippen LogP contribution in [0.4, 0.5) is 0 Å². The van der Waals surface area contributed by atoms with Crippen LogP contribution in [0.25, 0.3) is 90.7 Å². The SMILES string of the molecule is C/C=C\C1=C(C)C2(c3ccc(-c4nc(-c5cccc(C6=CCCC=C6)c5)c5oc6c(c5n4)C=CC4CC64)cc3-c3c(-c4nc(-c5ccccc5)nc(-c5ccccc5)n4)cccc32)c2ccccc2C1(C)C. The van der Waals surface area contributed by atoms with E-state index >= 15 is 0 Å². The third kappa shape index (κ3) is 6.31. The lowest BCUT2D eigenvalue weighted by molar-refractivity contribution is 0.544. The van der Waals surface area contributed by atoms with Gasteiger partial charge in [0.15, 0.2) is 28.9 Å². The molecule has 5 aliphatic rings. The molecule has 72 heavy (non-hydrogen) atoms. The minimum atomic E-state index is -0.633. The Bertz CT molecular complexity index is 3850. The molecule has 346 valence electrons. The Morgan fingerprint density at radius 3 is 2.01 bits per heavy atom. The molecule has 1 saturated carbocycles. The van der Waals surface area contributed by atoms with Crippen LogP contribution in [-0.4, -0.2) is 24.9 Å². The summed E-state index contributed by atoms with van der Waals surface area (Å²) in [7, 11) is 0. The molecule has 3 aromatic heterocycles. The second-order valence-electron chi connectivity index (χ2n) is 20.5. The molecule has 1 fully saturated rings. The van der Waals surface area contributed by atoms with Gasteiger partial charge in [0, 0.05) is 44.7 Å². The number of allylic oxidation sites excluding steroid dienone is 9. The number of nitrogens with zero attached hydrogens (tertiary/aromatic N) is 5. The smallest absolute Gasteiger partial charge is 0.179 e. The summed E-state index contributed by atoms with van der Waals surface area (Å²) in [6.45, 7) is 9.21. The molecule has 9 aromatic rings. The Morgan fingerprint density at radius 1 is 0.583 bits per heavy atom. The summed E-state index contributed by atoms with van der Waals surface area (Å²) in [5.74, 6) is 4.47. The first kappa shape index (κ1) is 42.5. The minimum Gasteiger partial charge on any atom is -0.456 e. The summed E-state index contributed by atoms with van der Waals surface area (Å²) in [5.41, 5.74) is 19.6. The Kier molecular flexibility index (Phi) is 9.50. The van der Waals surface area contributed by atoms with Crippen LogP contribution in [0.15, 0.2) is 198 Å². The lowest BCUT2D eigenvalue weighted by Gasteiger charge is -2.47. The Balaban J connectivity index is 1.05. The molecule has 0 bridgehead atoms. The third-order valence-electron chi connectivity index (χ3n) is 16.1. The summed E-state index contributed by atoms with van der Waals surface area (Å²) in [6.07, 6.45) is 19.1. The molecule has 0 saturated heterocycles. The number of benzene rings is 6. The molecule has 1 spiro atoms. The number of hydrogen-bond acceptors (Lipinski definition) is 6. The van der Waals surface area contributed by atoms with Gasteiger partial charge in [-0.05, 0) is 107 Å². The van der Waals surface area contributed by atoms with Gasteiger partial charge in [0.1, 0.15) is 17.0 Å². The molecule has 6 aromatic carbocycles. The molecule has 3 atom stereocenters. The highest BCUT2D eigenvalue weighted by atomic mass is 16.3. The van der Waals surface area contributed by atoms with Gasteiger partial charge in [0.2, 0.25) is 0 Å². The minimum absolute atomic E-state index is 0.248. The third-order valence-corrected chi connectivity index (χ3v) is 16.1. The normalized spacial score (nSPS) is 19.8. The van der Waals surface area contributed by atoms with Gasteiger partial charge in [-0.3, -0.25) is 0 Å². The maximum atomic E-state index is 6.91. The van der Waals surface area contributed by atoms with Gasteiger partial charge in [-0.1, -0.05) is 190 Å². The summed E-state index contributed by atoms with van der Waals surface area (Å²) in [5, 5.41) is 0. The average Bonchev–Trinajstić information content (AvgIpc) is 4.06.